The van der Waals surface area contributed by atoms with E-state index in [0.29, 0.717) is 10.0 Å². The van der Waals surface area contributed by atoms with Crippen LogP contribution in [0.5, 0.6) is 0 Å². The maximum absolute atomic E-state index is 11.2. The normalized spacial score (nSPS) is 10.6. The molecule has 0 bridgehead atoms. The van der Waals surface area contributed by atoms with Gasteiger partial charge >= 0.3 is 5.97 Å². The van der Waals surface area contributed by atoms with Crippen LogP contribution in [0.25, 0.3) is 9.53 Å². The van der Waals surface area contributed by atoms with Crippen LogP contribution in [0.4, 0.5) is 0 Å². The van der Waals surface area contributed by atoms with E-state index >= 15 is 0 Å². The summed E-state index contributed by atoms with van der Waals surface area (Å²) < 4.78 is 5.87. The first-order valence-corrected chi connectivity index (χ1v) is 5.41. The molecule has 0 atom stereocenters. The van der Waals surface area contributed by atoms with Gasteiger partial charge in [0.2, 0.25) is 0 Å². The van der Waals surface area contributed by atoms with Gasteiger partial charge in [-0.15, -0.1) is 22.7 Å². The third-order valence-corrected chi connectivity index (χ3v) is 3.70. The Bertz CT molecular complexity index is 462. The second kappa shape index (κ2) is 3.25. The molecule has 0 aliphatic carbocycles. The van der Waals surface area contributed by atoms with Crippen molar-refractivity contribution >= 4 is 49.8 Å². The Hall–Kier alpha value is -0.650. The second-order valence-corrected chi connectivity index (χ2v) is 4.68. The molecule has 2 aromatic heterocycles. The van der Waals surface area contributed by atoms with Crippen molar-refractivity contribution in [3.05, 3.63) is 15.4 Å². The molecule has 0 spiro atoms. The lowest BCUT2D eigenvalue weighted by Gasteiger charge is -1.92. The van der Waals surface area contributed by atoms with Crippen LogP contribution in [0, 0.1) is 0 Å². The molecule has 0 unspecified atom stereocenters. The van der Waals surface area contributed by atoms with Gasteiger partial charge in [0, 0.05) is 5.38 Å². The number of ether oxygens (including phenoxy) is 1. The van der Waals surface area contributed by atoms with Gasteiger partial charge in [0.25, 0.3) is 0 Å². The molecular formula is C7H4ClNO2S2. The van der Waals surface area contributed by atoms with E-state index in [9.17, 15) is 4.79 Å². The van der Waals surface area contributed by atoms with Gasteiger partial charge in [-0.25, -0.2) is 9.78 Å². The Balaban J connectivity index is 2.62. The fourth-order valence-electron chi connectivity index (χ4n) is 0.950. The minimum Gasteiger partial charge on any atom is -0.465 e. The smallest absolute Gasteiger partial charge is 0.340 e. The molecule has 0 aliphatic rings. The van der Waals surface area contributed by atoms with Crippen LogP contribution in [-0.4, -0.2) is 18.1 Å². The van der Waals surface area contributed by atoms with Gasteiger partial charge in [-0.05, 0) is 0 Å². The number of thiazole rings is 1. The van der Waals surface area contributed by atoms with Gasteiger partial charge in [-0.2, -0.15) is 0 Å². The highest BCUT2D eigenvalue weighted by molar-refractivity contribution is 7.28. The van der Waals surface area contributed by atoms with Crippen LogP contribution in [0.1, 0.15) is 10.4 Å². The standard InChI is InChI=1S/C7H4ClNO2S2/c1-11-6(10)3-2-12-5-4(3)13-7(8)9-5/h2H,1H3. The number of hydrogen-bond donors (Lipinski definition) is 0. The third-order valence-electron chi connectivity index (χ3n) is 1.51. The first kappa shape index (κ1) is 8.93. The molecule has 0 aliphatic heterocycles. The molecule has 0 radical (unpaired) electrons. The predicted molar refractivity (Wildman–Crippen MR) is 53.8 cm³/mol. The summed E-state index contributed by atoms with van der Waals surface area (Å²) in [6.45, 7) is 0. The van der Waals surface area contributed by atoms with Gasteiger partial charge < -0.3 is 4.74 Å². The molecule has 6 heteroatoms. The van der Waals surface area contributed by atoms with E-state index in [2.05, 4.69) is 9.72 Å². The Morgan fingerprint density at radius 1 is 1.69 bits per heavy atom. The Morgan fingerprint density at radius 3 is 3.15 bits per heavy atom. The molecule has 0 N–H and O–H groups in total. The lowest BCUT2D eigenvalue weighted by molar-refractivity contribution is 0.0603. The van der Waals surface area contributed by atoms with Crippen LogP contribution in [0.15, 0.2) is 5.38 Å². The van der Waals surface area contributed by atoms with E-state index < -0.39 is 0 Å². The van der Waals surface area contributed by atoms with Crippen molar-refractivity contribution in [1.82, 2.24) is 4.98 Å². The number of hydrogen-bond acceptors (Lipinski definition) is 5. The fraction of sp³-hybridized carbons (Fsp3) is 0.143. The number of rotatable bonds is 1. The topological polar surface area (TPSA) is 39.2 Å². The number of methoxy groups -OCH3 is 1. The van der Waals surface area contributed by atoms with E-state index in [1.54, 1.807) is 5.38 Å². The van der Waals surface area contributed by atoms with Crippen molar-refractivity contribution in [2.45, 2.75) is 0 Å². The zero-order valence-electron chi connectivity index (χ0n) is 6.54. The average Bonchev–Trinajstić information content (AvgIpc) is 2.61. The summed E-state index contributed by atoms with van der Waals surface area (Å²) in [4.78, 5) is 16.1. The lowest BCUT2D eigenvalue weighted by Crippen LogP contribution is -1.98. The Morgan fingerprint density at radius 2 is 2.46 bits per heavy atom. The summed E-state index contributed by atoms with van der Waals surface area (Å²) in [7, 11) is 1.36. The molecule has 0 aromatic carbocycles. The number of halogens is 1. The number of fused-ring (bicyclic) bond motifs is 1. The molecule has 0 saturated carbocycles. The molecule has 0 fully saturated rings. The zero-order valence-corrected chi connectivity index (χ0v) is 8.92. The van der Waals surface area contributed by atoms with E-state index in [1.165, 1.54) is 29.8 Å². The number of thiophene rings is 1. The van der Waals surface area contributed by atoms with Crippen molar-refractivity contribution in [1.29, 1.82) is 0 Å². The first-order valence-electron chi connectivity index (χ1n) is 3.34. The van der Waals surface area contributed by atoms with Gasteiger partial charge in [0.1, 0.15) is 4.83 Å². The van der Waals surface area contributed by atoms with Crippen LogP contribution < -0.4 is 0 Å². The maximum Gasteiger partial charge on any atom is 0.340 e. The van der Waals surface area contributed by atoms with Crippen LogP contribution >= 0.6 is 34.3 Å². The minimum absolute atomic E-state index is 0.341. The van der Waals surface area contributed by atoms with E-state index in [0.717, 1.165) is 9.53 Å². The highest BCUT2D eigenvalue weighted by Crippen LogP contribution is 2.33. The fourth-order valence-corrected chi connectivity index (χ4v) is 3.21. The molecule has 2 aromatic rings. The van der Waals surface area contributed by atoms with Crippen molar-refractivity contribution in [2.75, 3.05) is 7.11 Å². The SMILES string of the molecule is COC(=O)c1csc2nc(Cl)sc12. The van der Waals surface area contributed by atoms with Crippen LogP contribution in [-0.2, 0) is 4.74 Å². The maximum atomic E-state index is 11.2. The molecule has 2 heterocycles. The number of carbonyl (C=O) groups excluding carboxylic acids is 1. The number of carbonyl (C=O) groups is 1. The van der Waals surface area contributed by atoms with Crippen molar-refractivity contribution in [3.63, 3.8) is 0 Å². The van der Waals surface area contributed by atoms with Crippen LogP contribution in [0.2, 0.25) is 4.47 Å². The Labute approximate surface area is 86.9 Å². The summed E-state index contributed by atoms with van der Waals surface area (Å²) in [5.74, 6) is -0.341. The highest BCUT2D eigenvalue weighted by atomic mass is 35.5. The van der Waals surface area contributed by atoms with Crippen LogP contribution in [0.3, 0.4) is 0 Å². The molecule has 0 saturated heterocycles. The summed E-state index contributed by atoms with van der Waals surface area (Å²) in [5.41, 5.74) is 0.548. The van der Waals surface area contributed by atoms with Gasteiger partial charge in [-0.1, -0.05) is 11.6 Å². The molecule has 2 rings (SSSR count). The van der Waals surface area contributed by atoms with Crippen molar-refractivity contribution in [2.24, 2.45) is 0 Å². The lowest BCUT2D eigenvalue weighted by atomic mass is 10.3. The zero-order chi connectivity index (χ0) is 9.42. The monoisotopic (exact) mass is 233 g/mol. The van der Waals surface area contributed by atoms with Gasteiger partial charge in [0.15, 0.2) is 4.47 Å². The summed E-state index contributed by atoms with van der Waals surface area (Å²) in [5, 5.41) is 1.73. The predicted octanol–water partition coefficient (Wildman–Crippen LogP) is 2.80. The first-order chi connectivity index (χ1) is 6.22. The number of esters is 1. The summed E-state index contributed by atoms with van der Waals surface area (Å²) in [6.07, 6.45) is 0. The summed E-state index contributed by atoms with van der Waals surface area (Å²) in [6, 6.07) is 0. The molecule has 3 nitrogen and oxygen atoms in total. The van der Waals surface area contributed by atoms with Gasteiger partial charge in [0.05, 0.1) is 17.4 Å². The van der Waals surface area contributed by atoms with Crippen molar-refractivity contribution in [3.8, 4) is 0 Å². The molecule has 13 heavy (non-hydrogen) atoms. The molecule has 0 amide bonds. The number of aromatic nitrogens is 1. The quantitative estimate of drug-likeness (QED) is 0.711. The largest absolute Gasteiger partial charge is 0.465 e. The third kappa shape index (κ3) is 1.43. The minimum atomic E-state index is -0.341. The Kier molecular flexibility index (Phi) is 2.23. The highest BCUT2D eigenvalue weighted by Gasteiger charge is 2.15. The number of nitrogens with zero attached hydrogens (tertiary/aromatic N) is 1. The van der Waals surface area contributed by atoms with E-state index in [-0.39, 0.29) is 5.97 Å². The second-order valence-electron chi connectivity index (χ2n) is 2.24. The van der Waals surface area contributed by atoms with Gasteiger partial charge in [-0.3, -0.25) is 0 Å². The molecular weight excluding hydrogens is 230 g/mol. The van der Waals surface area contributed by atoms with Crippen molar-refractivity contribution < 1.29 is 9.53 Å². The summed E-state index contributed by atoms with van der Waals surface area (Å²) >= 11 is 8.39. The molecule has 68 valence electrons. The average molecular weight is 234 g/mol. The van der Waals surface area contributed by atoms with E-state index in [1.807, 2.05) is 0 Å². The van der Waals surface area contributed by atoms with E-state index in [4.69, 9.17) is 11.6 Å².